The summed E-state index contributed by atoms with van der Waals surface area (Å²) in [5.41, 5.74) is -0.284. The second-order valence-electron chi connectivity index (χ2n) is 9.50. The molecule has 0 atom stereocenters. The number of nitrogens with zero attached hydrogens (tertiary/aromatic N) is 4. The van der Waals surface area contributed by atoms with Crippen molar-refractivity contribution in [1.29, 1.82) is 0 Å². The number of alkyl halides is 1. The molecule has 4 fully saturated rings. The Bertz CT molecular complexity index is 446. The minimum Gasteiger partial charge on any atom is -0.304 e. The summed E-state index contributed by atoms with van der Waals surface area (Å²) in [6.45, 7) is 20.3. The molecule has 3 heterocycles. The number of hydrogen-bond acceptors (Lipinski definition) is 4. The zero-order chi connectivity index (χ0) is 21.5. The first kappa shape index (κ1) is 25.0. The summed E-state index contributed by atoms with van der Waals surface area (Å²) in [7, 11) is 2.16. The summed E-state index contributed by atoms with van der Waals surface area (Å²) in [6.07, 6.45) is 6.70. The number of rotatable bonds is 6. The van der Waals surface area contributed by atoms with Crippen LogP contribution < -0.4 is 0 Å². The maximum atomic E-state index is 15.0. The number of likely N-dealkylation sites (N-methyl/N-ethyl adjacent to an activating group) is 1. The van der Waals surface area contributed by atoms with Crippen LogP contribution in [-0.4, -0.2) is 104 Å². The molecule has 1 saturated carbocycles. The van der Waals surface area contributed by atoms with Crippen molar-refractivity contribution in [2.45, 2.75) is 78.4 Å². The maximum absolute atomic E-state index is 15.0. The smallest absolute Gasteiger partial charge is 0.148 e. The van der Waals surface area contributed by atoms with E-state index in [-0.39, 0.29) is 0 Å². The van der Waals surface area contributed by atoms with Gasteiger partial charge in [-0.15, -0.1) is 0 Å². The molecule has 0 aromatic carbocycles. The van der Waals surface area contributed by atoms with E-state index in [1.165, 1.54) is 51.7 Å². The topological polar surface area (TPSA) is 13.0 Å². The predicted molar refractivity (Wildman–Crippen MR) is 123 cm³/mol. The summed E-state index contributed by atoms with van der Waals surface area (Å²) in [4.78, 5) is 9.78. The molecule has 29 heavy (non-hydrogen) atoms. The van der Waals surface area contributed by atoms with Crippen molar-refractivity contribution in [2.75, 3.05) is 72.5 Å². The van der Waals surface area contributed by atoms with Crippen LogP contribution in [0.5, 0.6) is 0 Å². The first-order chi connectivity index (χ1) is 14.0. The summed E-state index contributed by atoms with van der Waals surface area (Å²) in [5, 5.41) is 0. The molecule has 0 aromatic heterocycles. The fourth-order valence-corrected chi connectivity index (χ4v) is 5.16. The second kappa shape index (κ2) is 11.4. The standard InChI is InChI=1S/C20H37FN4.2C2H6/c1-3-19(6-7-19)14-23-8-4-18(5-9-23)25-16-20(21,17-25)15-24-12-10-22(2)11-13-24;2*1-2/h18H,3-17H2,1-2H3;2*1-2H3. The van der Waals surface area contributed by atoms with Gasteiger partial charge in [-0.2, -0.15) is 0 Å². The molecule has 5 heteroatoms. The third-order valence-electron chi connectivity index (χ3n) is 7.42. The number of piperazine rings is 1. The lowest BCUT2D eigenvalue weighted by Crippen LogP contribution is -2.67. The van der Waals surface area contributed by atoms with E-state index in [1.54, 1.807) is 0 Å². The van der Waals surface area contributed by atoms with Gasteiger partial charge >= 0.3 is 0 Å². The number of halogens is 1. The van der Waals surface area contributed by atoms with Crippen LogP contribution in [0.2, 0.25) is 0 Å². The first-order valence-corrected chi connectivity index (χ1v) is 12.6. The van der Waals surface area contributed by atoms with Crippen LogP contribution in [0.4, 0.5) is 4.39 Å². The summed E-state index contributed by atoms with van der Waals surface area (Å²) >= 11 is 0. The fraction of sp³-hybridized carbons (Fsp3) is 1.00. The monoisotopic (exact) mass is 412 g/mol. The minimum atomic E-state index is -0.951. The maximum Gasteiger partial charge on any atom is 0.148 e. The normalized spacial score (nSPS) is 27.8. The SMILES string of the molecule is CC.CC.CCC1(CN2CCC(N3CC(F)(CN4CCN(C)CC4)C3)CC2)CC1. The van der Waals surface area contributed by atoms with Gasteiger partial charge in [0.1, 0.15) is 5.67 Å². The van der Waals surface area contributed by atoms with E-state index in [1.807, 2.05) is 27.7 Å². The van der Waals surface area contributed by atoms with Gasteiger partial charge in [0, 0.05) is 58.4 Å². The molecule has 0 N–H and O–H groups in total. The molecule has 0 unspecified atom stereocenters. The number of likely N-dealkylation sites (tertiary alicyclic amines) is 2. The largest absolute Gasteiger partial charge is 0.304 e. The zero-order valence-electron chi connectivity index (χ0n) is 20.4. The van der Waals surface area contributed by atoms with Crippen molar-refractivity contribution in [2.24, 2.45) is 5.41 Å². The Labute approximate surface area is 180 Å². The molecule has 172 valence electrons. The Hall–Kier alpha value is -0.230. The third-order valence-corrected chi connectivity index (χ3v) is 7.42. The van der Waals surface area contributed by atoms with Crippen LogP contribution in [0.3, 0.4) is 0 Å². The van der Waals surface area contributed by atoms with Gasteiger partial charge in [-0.3, -0.25) is 9.80 Å². The van der Waals surface area contributed by atoms with Crippen molar-refractivity contribution in [3.63, 3.8) is 0 Å². The van der Waals surface area contributed by atoms with Gasteiger partial charge in [0.05, 0.1) is 0 Å². The van der Waals surface area contributed by atoms with Crippen LogP contribution in [-0.2, 0) is 0 Å². The van der Waals surface area contributed by atoms with E-state index in [4.69, 9.17) is 0 Å². The number of piperidine rings is 1. The molecule has 3 saturated heterocycles. The van der Waals surface area contributed by atoms with E-state index in [0.29, 0.717) is 31.1 Å². The van der Waals surface area contributed by atoms with Crippen LogP contribution >= 0.6 is 0 Å². The van der Waals surface area contributed by atoms with Gasteiger partial charge < -0.3 is 9.80 Å². The highest BCUT2D eigenvalue weighted by molar-refractivity contribution is 5.02. The van der Waals surface area contributed by atoms with Crippen molar-refractivity contribution < 1.29 is 4.39 Å². The molecule has 0 bridgehead atoms. The van der Waals surface area contributed by atoms with Gasteiger partial charge in [-0.05, 0) is 57.7 Å². The molecule has 0 radical (unpaired) electrons. The van der Waals surface area contributed by atoms with Gasteiger partial charge in [-0.1, -0.05) is 34.6 Å². The van der Waals surface area contributed by atoms with Crippen molar-refractivity contribution >= 4 is 0 Å². The van der Waals surface area contributed by atoms with Gasteiger partial charge in [0.15, 0.2) is 0 Å². The second-order valence-corrected chi connectivity index (χ2v) is 9.50. The van der Waals surface area contributed by atoms with E-state index in [9.17, 15) is 0 Å². The average molecular weight is 413 g/mol. The van der Waals surface area contributed by atoms with E-state index < -0.39 is 5.67 Å². The van der Waals surface area contributed by atoms with Gasteiger partial charge in [0.25, 0.3) is 0 Å². The molecular weight excluding hydrogens is 363 g/mol. The zero-order valence-corrected chi connectivity index (χ0v) is 20.4. The van der Waals surface area contributed by atoms with Crippen molar-refractivity contribution in [3.8, 4) is 0 Å². The Morgan fingerprint density at radius 3 is 1.79 bits per heavy atom. The molecule has 0 aromatic rings. The highest BCUT2D eigenvalue weighted by Gasteiger charge is 2.48. The quantitative estimate of drug-likeness (QED) is 0.654. The molecule has 4 nitrogen and oxygen atoms in total. The van der Waals surface area contributed by atoms with Crippen molar-refractivity contribution in [1.82, 2.24) is 19.6 Å². The Balaban J connectivity index is 0.000000707. The Morgan fingerprint density at radius 1 is 0.793 bits per heavy atom. The Kier molecular flexibility index (Phi) is 9.85. The summed E-state index contributed by atoms with van der Waals surface area (Å²) in [6, 6.07) is 0.629. The molecular formula is C24H49FN4. The van der Waals surface area contributed by atoms with Gasteiger partial charge in [-0.25, -0.2) is 4.39 Å². The lowest BCUT2D eigenvalue weighted by Gasteiger charge is -2.52. The fourth-order valence-electron chi connectivity index (χ4n) is 5.16. The number of hydrogen-bond donors (Lipinski definition) is 0. The highest BCUT2D eigenvalue weighted by Crippen LogP contribution is 2.49. The van der Waals surface area contributed by atoms with Crippen LogP contribution in [0, 0.1) is 5.41 Å². The molecule has 4 aliphatic rings. The third kappa shape index (κ3) is 6.88. The van der Waals surface area contributed by atoms with Crippen LogP contribution in [0.1, 0.15) is 66.7 Å². The average Bonchev–Trinajstić information content (AvgIpc) is 3.51. The van der Waals surface area contributed by atoms with Crippen LogP contribution in [0.25, 0.3) is 0 Å². The lowest BCUT2D eigenvalue weighted by molar-refractivity contribution is -0.0884. The molecule has 4 rings (SSSR count). The highest BCUT2D eigenvalue weighted by atomic mass is 19.1. The minimum absolute atomic E-state index is 0.629. The molecule has 1 aliphatic carbocycles. The molecule has 0 spiro atoms. The van der Waals surface area contributed by atoms with E-state index in [2.05, 4.69) is 33.6 Å². The lowest BCUT2D eigenvalue weighted by atomic mass is 9.89. The summed E-state index contributed by atoms with van der Waals surface area (Å²) in [5.74, 6) is 0. The Morgan fingerprint density at radius 2 is 1.31 bits per heavy atom. The molecule has 3 aliphatic heterocycles. The first-order valence-electron chi connectivity index (χ1n) is 12.6. The van der Waals surface area contributed by atoms with E-state index in [0.717, 1.165) is 26.2 Å². The predicted octanol–water partition coefficient (Wildman–Crippen LogP) is 3.96. The molecule has 0 amide bonds. The van der Waals surface area contributed by atoms with E-state index >= 15 is 4.39 Å². The van der Waals surface area contributed by atoms with Gasteiger partial charge in [0.2, 0.25) is 0 Å². The van der Waals surface area contributed by atoms with Crippen molar-refractivity contribution in [3.05, 3.63) is 0 Å². The van der Waals surface area contributed by atoms with Crippen LogP contribution in [0.15, 0.2) is 0 Å². The summed E-state index contributed by atoms with van der Waals surface area (Å²) < 4.78 is 15.0.